The number of nitriles is 1. The van der Waals surface area contributed by atoms with E-state index in [1.165, 1.54) is 12.7 Å². The van der Waals surface area contributed by atoms with Crippen LogP contribution in [0.2, 0.25) is 0 Å². The molecule has 1 aliphatic heterocycles. The van der Waals surface area contributed by atoms with Gasteiger partial charge in [0.2, 0.25) is 0 Å². The molecule has 5 N–H and O–H groups in total. The molecule has 1 amide bonds. The number of hydrogen-bond acceptors (Lipinski definition) is 8. The van der Waals surface area contributed by atoms with Crippen LogP contribution in [0.4, 0.5) is 11.6 Å². The van der Waals surface area contributed by atoms with Crippen molar-refractivity contribution in [2.24, 2.45) is 0 Å². The number of ether oxygens (including phenoxy) is 1. The molecule has 0 spiro atoms. The zero-order valence-corrected chi connectivity index (χ0v) is 21.2. The lowest BCUT2D eigenvalue weighted by atomic mass is 10.0. The van der Waals surface area contributed by atoms with E-state index in [1.807, 2.05) is 4.90 Å². The van der Waals surface area contributed by atoms with Crippen molar-refractivity contribution in [3.05, 3.63) is 82.6 Å². The maximum absolute atomic E-state index is 11.3. The Balaban J connectivity index is 0.000000275. The van der Waals surface area contributed by atoms with Gasteiger partial charge in [-0.3, -0.25) is 10.2 Å². The third-order valence-corrected chi connectivity index (χ3v) is 5.75. The van der Waals surface area contributed by atoms with Crippen LogP contribution in [-0.4, -0.2) is 39.6 Å². The number of rotatable bonds is 5. The van der Waals surface area contributed by atoms with Crippen molar-refractivity contribution in [2.75, 3.05) is 24.6 Å². The Morgan fingerprint density at radius 1 is 1.06 bits per heavy atom. The minimum Gasteiger partial charge on any atom is -0.456 e. The van der Waals surface area contributed by atoms with Crippen LogP contribution in [0.3, 0.4) is 0 Å². The van der Waals surface area contributed by atoms with Crippen LogP contribution in [0.1, 0.15) is 36.0 Å². The molecule has 184 valence electrons. The highest BCUT2D eigenvalue weighted by Gasteiger charge is 2.17. The van der Waals surface area contributed by atoms with Gasteiger partial charge in [-0.2, -0.15) is 5.26 Å². The van der Waals surface area contributed by atoms with Crippen LogP contribution in [0.25, 0.3) is 0 Å². The van der Waals surface area contributed by atoms with Crippen molar-refractivity contribution in [3.63, 3.8) is 0 Å². The van der Waals surface area contributed by atoms with Crippen molar-refractivity contribution in [1.82, 2.24) is 14.9 Å². The van der Waals surface area contributed by atoms with Crippen LogP contribution in [-0.2, 0) is 4.79 Å². The first-order valence-electron chi connectivity index (χ1n) is 11.2. The van der Waals surface area contributed by atoms with E-state index in [-0.39, 0.29) is 23.3 Å². The lowest BCUT2D eigenvalue weighted by Crippen LogP contribution is -2.35. The molecule has 1 saturated heterocycles. The van der Waals surface area contributed by atoms with Crippen molar-refractivity contribution in [3.8, 4) is 17.6 Å². The summed E-state index contributed by atoms with van der Waals surface area (Å²) >= 11 is 3.09. The van der Waals surface area contributed by atoms with Gasteiger partial charge in [-0.1, -0.05) is 18.7 Å². The highest BCUT2D eigenvalue weighted by Crippen LogP contribution is 2.26. The zero-order chi connectivity index (χ0) is 26.1. The molecule has 0 atom stereocenters. The molecule has 3 aromatic rings. The molecule has 0 saturated carbocycles. The van der Waals surface area contributed by atoms with Crippen molar-refractivity contribution in [1.29, 1.82) is 10.7 Å². The van der Waals surface area contributed by atoms with Gasteiger partial charge in [0.15, 0.2) is 0 Å². The molecule has 0 bridgehead atoms. The first-order chi connectivity index (χ1) is 17.3. The first-order valence-corrected chi connectivity index (χ1v) is 12.0. The van der Waals surface area contributed by atoms with Crippen LogP contribution in [0.15, 0.2) is 65.9 Å². The molecule has 10 heteroatoms. The summed E-state index contributed by atoms with van der Waals surface area (Å²) in [5, 5.41) is 17.4. The fourth-order valence-corrected chi connectivity index (χ4v) is 3.80. The average molecular weight is 548 g/mol. The molecule has 1 fully saturated rings. The molecular formula is C26H26BrN7O2. The number of nitrogen functional groups attached to an aromatic ring is 2. The number of aromatic nitrogens is 2. The second-order valence-electron chi connectivity index (χ2n) is 7.89. The van der Waals surface area contributed by atoms with Crippen molar-refractivity contribution in [2.45, 2.75) is 19.3 Å². The Morgan fingerprint density at radius 2 is 1.67 bits per heavy atom. The average Bonchev–Trinajstić information content (AvgIpc) is 2.89. The summed E-state index contributed by atoms with van der Waals surface area (Å²) in [6.45, 7) is 5.34. The predicted octanol–water partition coefficient (Wildman–Crippen LogP) is 4.63. The molecule has 2 aromatic carbocycles. The quantitative estimate of drug-likeness (QED) is 0.310. The summed E-state index contributed by atoms with van der Waals surface area (Å²) in [5.74, 6) is 1.37. The van der Waals surface area contributed by atoms with E-state index in [2.05, 4.69) is 38.5 Å². The van der Waals surface area contributed by atoms with Crippen LogP contribution in [0, 0.1) is 16.7 Å². The highest BCUT2D eigenvalue weighted by atomic mass is 79.9. The normalized spacial score (nSPS) is 12.5. The maximum atomic E-state index is 11.3. The number of hydrogen-bond donors (Lipinski definition) is 3. The van der Waals surface area contributed by atoms with E-state index < -0.39 is 0 Å². The molecule has 0 aliphatic carbocycles. The number of anilines is 2. The number of para-hydroxylation sites is 1. The van der Waals surface area contributed by atoms with E-state index in [4.69, 9.17) is 26.9 Å². The Kier molecular flexibility index (Phi) is 9.13. The number of piperidine rings is 1. The number of halogens is 1. The maximum Gasteiger partial charge on any atom is 0.260 e. The standard InChI is InChI=1S/C18H14N6O.C8H12BrNO/c19-9-12-3-1-2-4-14(12)25-13-7-5-11(6-8-13)16(20)15-17(21)23-10-24-18(15)22;1-7(9)8(11)10-5-3-2-4-6-10/h1-8,10,20H,(H4,21,22,23,24);1-6H2. The molecule has 9 nitrogen and oxygen atoms in total. The Morgan fingerprint density at radius 3 is 2.25 bits per heavy atom. The summed E-state index contributed by atoms with van der Waals surface area (Å²) in [4.78, 5) is 20.9. The summed E-state index contributed by atoms with van der Waals surface area (Å²) in [7, 11) is 0. The molecule has 0 radical (unpaired) electrons. The Labute approximate surface area is 218 Å². The molecule has 1 aliphatic rings. The summed E-state index contributed by atoms with van der Waals surface area (Å²) in [6, 6.07) is 15.9. The molecule has 36 heavy (non-hydrogen) atoms. The van der Waals surface area contributed by atoms with Crippen LogP contribution < -0.4 is 16.2 Å². The largest absolute Gasteiger partial charge is 0.456 e. The lowest BCUT2D eigenvalue weighted by Gasteiger charge is -2.26. The summed E-state index contributed by atoms with van der Waals surface area (Å²) in [6.07, 6.45) is 4.77. The first kappa shape index (κ1) is 26.4. The van der Waals surface area contributed by atoms with Gasteiger partial charge in [0.1, 0.15) is 35.5 Å². The van der Waals surface area contributed by atoms with Gasteiger partial charge in [-0.05, 0) is 71.6 Å². The topological polar surface area (TPSA) is 155 Å². The van der Waals surface area contributed by atoms with E-state index in [0.29, 0.717) is 32.7 Å². The summed E-state index contributed by atoms with van der Waals surface area (Å²) in [5.41, 5.74) is 13.1. The van der Waals surface area contributed by atoms with Crippen molar-refractivity contribution >= 4 is 39.2 Å². The third-order valence-electron chi connectivity index (χ3n) is 5.41. The number of carbonyl (C=O) groups excluding carboxylic acids is 1. The monoisotopic (exact) mass is 547 g/mol. The zero-order valence-electron chi connectivity index (χ0n) is 19.6. The minimum absolute atomic E-state index is 0.0460. The number of nitrogens with two attached hydrogens (primary N) is 2. The Hall–Kier alpha value is -4.23. The van der Waals surface area contributed by atoms with Gasteiger partial charge in [-0.25, -0.2) is 9.97 Å². The number of benzene rings is 2. The van der Waals surface area contributed by atoms with E-state index >= 15 is 0 Å². The highest BCUT2D eigenvalue weighted by molar-refractivity contribution is 9.12. The van der Waals surface area contributed by atoms with Crippen LogP contribution in [0.5, 0.6) is 11.5 Å². The lowest BCUT2D eigenvalue weighted by molar-refractivity contribution is -0.127. The minimum atomic E-state index is 0.0460. The van der Waals surface area contributed by atoms with Gasteiger partial charge in [0.25, 0.3) is 5.91 Å². The van der Waals surface area contributed by atoms with E-state index in [9.17, 15) is 4.79 Å². The number of nitrogens with one attached hydrogen (secondary N) is 1. The third kappa shape index (κ3) is 6.67. The predicted molar refractivity (Wildman–Crippen MR) is 143 cm³/mol. The number of carbonyl (C=O) groups is 1. The molecule has 0 unspecified atom stereocenters. The Bertz CT molecular complexity index is 1280. The van der Waals surface area contributed by atoms with Gasteiger partial charge in [0, 0.05) is 18.7 Å². The fourth-order valence-electron chi connectivity index (χ4n) is 3.55. The van der Waals surface area contributed by atoms with Gasteiger partial charge in [-0.15, -0.1) is 0 Å². The number of amides is 1. The molecule has 1 aromatic heterocycles. The second-order valence-corrected chi connectivity index (χ2v) is 8.84. The number of likely N-dealkylation sites (tertiary alicyclic amines) is 1. The van der Waals surface area contributed by atoms with Gasteiger partial charge < -0.3 is 21.1 Å². The molecular weight excluding hydrogens is 522 g/mol. The van der Waals surface area contributed by atoms with E-state index in [1.54, 1.807) is 48.5 Å². The van der Waals surface area contributed by atoms with Crippen LogP contribution >= 0.6 is 15.9 Å². The fraction of sp³-hybridized carbons (Fsp3) is 0.192. The van der Waals surface area contributed by atoms with E-state index in [0.717, 1.165) is 25.9 Å². The SMILES string of the molecule is C=C(Br)C(=O)N1CCCCC1.N#Cc1ccccc1Oc1ccc(C(=N)c2c(N)ncnc2N)cc1. The van der Waals surface area contributed by atoms with Gasteiger partial charge in [0.05, 0.1) is 21.3 Å². The molecule has 2 heterocycles. The van der Waals surface area contributed by atoms with Gasteiger partial charge >= 0.3 is 0 Å². The summed E-state index contributed by atoms with van der Waals surface area (Å²) < 4.78 is 6.19. The molecule has 4 rings (SSSR count). The second kappa shape index (κ2) is 12.5. The van der Waals surface area contributed by atoms with Crippen molar-refractivity contribution < 1.29 is 9.53 Å². The number of nitrogens with zero attached hydrogens (tertiary/aromatic N) is 4. The smallest absolute Gasteiger partial charge is 0.260 e.